The molecule has 382 valence electrons. The molecule has 76 heavy (non-hydrogen) atoms. The minimum atomic E-state index is -0.307. The summed E-state index contributed by atoms with van der Waals surface area (Å²) in [6.07, 6.45) is 4.65. The van der Waals surface area contributed by atoms with Gasteiger partial charge in [0.15, 0.2) is 0 Å². The highest BCUT2D eigenvalue weighted by Gasteiger charge is 2.51. The van der Waals surface area contributed by atoms with E-state index >= 15 is 0 Å². The van der Waals surface area contributed by atoms with E-state index in [2.05, 4.69) is 223 Å². The Labute approximate surface area is 450 Å². The number of nitrogens with zero attached hydrogens (tertiary/aromatic N) is 2. The van der Waals surface area contributed by atoms with E-state index < -0.39 is 0 Å². The van der Waals surface area contributed by atoms with Crippen LogP contribution in [0.15, 0.2) is 112 Å². The zero-order valence-corrected chi connectivity index (χ0v) is 47.9. The minimum Gasteiger partial charge on any atom is -0.466 e. The van der Waals surface area contributed by atoms with Crippen LogP contribution in [0, 0.1) is 0 Å². The Morgan fingerprint density at radius 2 is 1.05 bits per heavy atom. The summed E-state index contributed by atoms with van der Waals surface area (Å²) in [7, 11) is 0. The van der Waals surface area contributed by atoms with Gasteiger partial charge in [-0.1, -0.05) is 153 Å². The molecule has 7 aromatic carbocycles. The van der Waals surface area contributed by atoms with Crippen LogP contribution in [0.1, 0.15) is 181 Å². The summed E-state index contributed by atoms with van der Waals surface area (Å²) in [6, 6.07) is 41.1. The van der Waals surface area contributed by atoms with Crippen LogP contribution in [0.3, 0.4) is 0 Å². The number of rotatable bonds is 1. The normalized spacial score (nSPS) is 19.1. The predicted octanol–water partition coefficient (Wildman–Crippen LogP) is 18.3. The van der Waals surface area contributed by atoms with Gasteiger partial charge in [0.2, 0.25) is 0 Å². The summed E-state index contributed by atoms with van der Waals surface area (Å²) in [5, 5.41) is 5.94. The summed E-state index contributed by atoms with van der Waals surface area (Å²) in [5.74, 6) is 0. The summed E-state index contributed by atoms with van der Waals surface area (Å²) in [6.45, 7) is 38.3. The molecule has 0 radical (unpaired) electrons. The van der Waals surface area contributed by atoms with Gasteiger partial charge < -0.3 is 18.2 Å². The van der Waals surface area contributed by atoms with Crippen LogP contribution in [0.5, 0.6) is 0 Å². The Kier molecular flexibility index (Phi) is 8.73. The van der Waals surface area contributed by atoms with Crippen molar-refractivity contribution in [3.8, 4) is 27.9 Å². The molecular weight excluding hydrogens is 924 g/mol. The van der Waals surface area contributed by atoms with Crippen molar-refractivity contribution < 1.29 is 8.83 Å². The van der Waals surface area contributed by atoms with Crippen molar-refractivity contribution in [3.63, 3.8) is 0 Å². The first-order valence-electron chi connectivity index (χ1n) is 28.5. The fourth-order valence-corrected chi connectivity index (χ4v) is 15.5. The Hall–Kier alpha value is -6.46. The lowest BCUT2D eigenvalue weighted by molar-refractivity contribution is 0.331. The molecule has 0 bridgehead atoms. The quantitative estimate of drug-likeness (QED) is 0.154. The second-order valence-electron chi connectivity index (χ2n) is 29.4. The van der Waals surface area contributed by atoms with E-state index in [0.29, 0.717) is 0 Å². The monoisotopic (exact) mass is 997 g/mol. The molecule has 3 aromatic heterocycles. The zero-order chi connectivity index (χ0) is 53.1. The highest BCUT2D eigenvalue weighted by molar-refractivity contribution is 6.93. The van der Waals surface area contributed by atoms with E-state index in [1.165, 1.54) is 123 Å². The van der Waals surface area contributed by atoms with Gasteiger partial charge in [0.25, 0.3) is 0 Å². The predicted molar refractivity (Wildman–Crippen MR) is 322 cm³/mol. The second kappa shape index (κ2) is 14.2. The molecule has 0 spiro atoms. The SMILES string of the molecule is CC(C)(C)c1ccc(N2B3c4oc5cc6c(cc5c4-n4c5ccc(C(C)(C)C)cc5c5c7oc8ccccc8c7c(c3c54)-c3cc4c(cc32)-c2cc3c(cc2C4(C)C)C(C)(C)CCC3(C)C)C(C)(C)CCC6(C)C)cc1. The maximum atomic E-state index is 7.82. The van der Waals surface area contributed by atoms with Gasteiger partial charge >= 0.3 is 6.85 Å². The lowest BCUT2D eigenvalue weighted by Crippen LogP contribution is -2.60. The third-order valence-electron chi connectivity index (χ3n) is 20.4. The molecular formula is C71H73BN2O2. The molecule has 0 amide bonds. The van der Waals surface area contributed by atoms with E-state index in [1.54, 1.807) is 0 Å². The van der Waals surface area contributed by atoms with Gasteiger partial charge in [-0.05, 0) is 185 Å². The third kappa shape index (κ3) is 5.88. The number of fused-ring (bicyclic) bond motifs is 20. The van der Waals surface area contributed by atoms with Crippen LogP contribution in [0.4, 0.5) is 11.4 Å². The molecule has 4 nitrogen and oxygen atoms in total. The molecule has 10 aromatic rings. The second-order valence-corrected chi connectivity index (χ2v) is 29.4. The largest absolute Gasteiger partial charge is 0.466 e. The van der Waals surface area contributed by atoms with Crippen molar-refractivity contribution in [3.05, 3.63) is 148 Å². The summed E-state index contributed by atoms with van der Waals surface area (Å²) >= 11 is 0. The van der Waals surface area contributed by atoms with Crippen molar-refractivity contribution in [2.45, 2.75) is 174 Å². The van der Waals surface area contributed by atoms with E-state index in [1.807, 2.05) is 0 Å². The fourth-order valence-electron chi connectivity index (χ4n) is 15.5. The number of hydrogen-bond acceptors (Lipinski definition) is 3. The van der Waals surface area contributed by atoms with E-state index in [0.717, 1.165) is 52.0 Å². The van der Waals surface area contributed by atoms with Gasteiger partial charge in [-0.3, -0.25) is 0 Å². The molecule has 0 unspecified atom stereocenters. The minimum absolute atomic E-state index is 0.00705. The molecule has 15 rings (SSSR count). The molecule has 0 fully saturated rings. The third-order valence-corrected chi connectivity index (χ3v) is 20.4. The number of benzene rings is 7. The van der Waals surface area contributed by atoms with Gasteiger partial charge in [0, 0.05) is 43.9 Å². The molecule has 0 saturated heterocycles. The van der Waals surface area contributed by atoms with Crippen molar-refractivity contribution in [2.24, 2.45) is 0 Å². The van der Waals surface area contributed by atoms with Crippen molar-refractivity contribution in [2.75, 3.05) is 4.81 Å². The maximum absolute atomic E-state index is 7.82. The number of aromatic nitrogens is 1. The first-order valence-corrected chi connectivity index (χ1v) is 28.5. The fraction of sp³-hybridized carbons (Fsp3) is 0.380. The van der Waals surface area contributed by atoms with Gasteiger partial charge in [-0.25, -0.2) is 0 Å². The number of para-hydroxylation sites is 1. The summed E-state index contributed by atoms with van der Waals surface area (Å²) < 4.78 is 17.9. The average molecular weight is 997 g/mol. The standard InChI is InChI=1S/C71H73BN2O2/c1-65(2,3)38-21-24-40(25-22-38)74-54-35-43-42-32-49-51(69(11,12)29-27-67(49,7)8)36-48(42)71(15,16)47(43)33-45(54)57-58-41-19-17-18-20-55(41)75-63(58)59-44-31-39(66(4,5)6)23-26-53(44)73-61-46-34-50-52(70(13,14)30-28-68(50,9)10)37-56(46)76-64(61)72(74)60(57)62(59)73/h17-26,31-37H,27-30H2,1-16H3. The summed E-state index contributed by atoms with van der Waals surface area (Å²) in [4.78, 5) is 2.70. The first kappa shape index (κ1) is 46.8. The van der Waals surface area contributed by atoms with Gasteiger partial charge in [-0.2, -0.15) is 0 Å². The van der Waals surface area contributed by atoms with Crippen molar-refractivity contribution >= 4 is 84.1 Å². The molecule has 5 heterocycles. The lowest BCUT2D eigenvalue weighted by Gasteiger charge is -2.42. The highest BCUT2D eigenvalue weighted by Crippen LogP contribution is 2.60. The Balaban J connectivity index is 1.15. The topological polar surface area (TPSA) is 34.5 Å². The molecule has 0 saturated carbocycles. The molecule has 0 N–H and O–H groups in total. The molecule has 5 heteroatoms. The smallest absolute Gasteiger partial charge is 0.376 e. The Bertz CT molecular complexity index is 4280. The van der Waals surface area contributed by atoms with Crippen LogP contribution in [-0.4, -0.2) is 11.4 Å². The average Bonchev–Trinajstić information content (AvgIpc) is 4.22. The van der Waals surface area contributed by atoms with Crippen LogP contribution in [-0.2, 0) is 37.9 Å². The van der Waals surface area contributed by atoms with Crippen molar-refractivity contribution in [1.82, 2.24) is 4.57 Å². The maximum Gasteiger partial charge on any atom is 0.376 e. The zero-order valence-electron chi connectivity index (χ0n) is 47.9. The summed E-state index contributed by atoms with van der Waals surface area (Å²) in [5.41, 5.74) is 27.5. The van der Waals surface area contributed by atoms with Crippen LogP contribution >= 0.6 is 0 Å². The number of hydrogen-bond donors (Lipinski definition) is 0. The Morgan fingerprint density at radius 1 is 0.487 bits per heavy atom. The molecule has 5 aliphatic rings. The number of furan rings is 2. The van der Waals surface area contributed by atoms with Gasteiger partial charge in [0.05, 0.1) is 22.1 Å². The van der Waals surface area contributed by atoms with Crippen LogP contribution in [0.25, 0.3) is 82.7 Å². The van der Waals surface area contributed by atoms with E-state index in [-0.39, 0.29) is 44.8 Å². The molecule has 0 atom stereocenters. The van der Waals surface area contributed by atoms with E-state index in [9.17, 15) is 0 Å². The molecule has 3 aliphatic carbocycles. The number of anilines is 2. The van der Waals surface area contributed by atoms with Crippen molar-refractivity contribution in [1.29, 1.82) is 0 Å². The lowest BCUT2D eigenvalue weighted by atomic mass is 9.46. The van der Waals surface area contributed by atoms with Gasteiger partial charge in [-0.15, -0.1) is 0 Å². The van der Waals surface area contributed by atoms with Crippen LogP contribution in [0.2, 0.25) is 0 Å². The molecule has 2 aliphatic heterocycles. The Morgan fingerprint density at radius 3 is 1.71 bits per heavy atom. The van der Waals surface area contributed by atoms with Gasteiger partial charge in [0.1, 0.15) is 22.4 Å². The van der Waals surface area contributed by atoms with E-state index in [4.69, 9.17) is 8.83 Å². The van der Waals surface area contributed by atoms with Crippen LogP contribution < -0.4 is 15.9 Å². The highest BCUT2D eigenvalue weighted by atomic mass is 16.3. The first-order chi connectivity index (χ1) is 35.7.